The number of methoxy groups -OCH3 is 3. The van der Waals surface area contributed by atoms with Gasteiger partial charge in [-0.1, -0.05) is 18.2 Å². The Morgan fingerprint density at radius 2 is 1.44 bits per heavy atom. The molecule has 17 nitrogen and oxygen atoms in total. The number of likely N-dealkylation sites (tertiary alicyclic amines) is 2. The number of carboxylic acid groups (broad SMARTS) is 1. The van der Waals surface area contributed by atoms with Gasteiger partial charge in [0.25, 0.3) is 0 Å². The topological polar surface area (TPSA) is 213 Å². The van der Waals surface area contributed by atoms with Crippen LogP contribution < -0.4 is 15.4 Å². The van der Waals surface area contributed by atoms with Crippen LogP contribution >= 0.6 is 0 Å². The molecule has 0 spiro atoms. The maximum atomic E-state index is 14.0. The zero-order chi connectivity index (χ0) is 44.1. The minimum absolute atomic E-state index is 0.0824. The van der Waals surface area contributed by atoms with E-state index in [1.165, 1.54) is 21.3 Å². The maximum Gasteiger partial charge on any atom is 0.407 e. The molecule has 2 saturated heterocycles. The van der Waals surface area contributed by atoms with Crippen LogP contribution in [0.1, 0.15) is 88.4 Å². The number of alkyl carbamates (subject to hydrolysis) is 1. The Hall–Kier alpha value is -6.20. The molecule has 0 saturated carbocycles. The first-order valence-corrected chi connectivity index (χ1v) is 21.1. The van der Waals surface area contributed by atoms with Gasteiger partial charge in [0.2, 0.25) is 11.8 Å². The second kappa shape index (κ2) is 16.9. The van der Waals surface area contributed by atoms with Gasteiger partial charge in [0.05, 0.1) is 53.8 Å². The van der Waals surface area contributed by atoms with Crippen molar-refractivity contribution in [2.45, 2.75) is 115 Å². The van der Waals surface area contributed by atoms with Gasteiger partial charge in [-0.3, -0.25) is 9.59 Å². The molecule has 8 rings (SSSR count). The van der Waals surface area contributed by atoms with Gasteiger partial charge in [-0.15, -0.1) is 0 Å². The Kier molecular flexibility index (Phi) is 11.6. The molecule has 0 bridgehead atoms. The zero-order valence-corrected chi connectivity index (χ0v) is 36.2. The van der Waals surface area contributed by atoms with Crippen LogP contribution in [-0.4, -0.2) is 117 Å². The number of aryl methyl sites for hydroxylation is 1. The highest BCUT2D eigenvalue weighted by atomic mass is 16.5. The summed E-state index contributed by atoms with van der Waals surface area (Å²) in [5.74, 6) is 1.45. The first-order valence-electron chi connectivity index (χ1n) is 21.1. The van der Waals surface area contributed by atoms with Crippen LogP contribution in [0.3, 0.4) is 0 Å². The summed E-state index contributed by atoms with van der Waals surface area (Å²) in [5.41, 5.74) is 7.21. The molecule has 2 fully saturated rings. The largest absolute Gasteiger partial charge is 0.488 e. The predicted molar refractivity (Wildman–Crippen MR) is 229 cm³/mol. The lowest BCUT2D eigenvalue weighted by atomic mass is 9.92. The number of nitrogens with zero attached hydrogens (tertiary/aromatic N) is 4. The Bertz CT molecular complexity index is 2550. The van der Waals surface area contributed by atoms with Gasteiger partial charge in [-0.25, -0.2) is 19.6 Å². The summed E-state index contributed by atoms with van der Waals surface area (Å²) < 4.78 is 22.1. The van der Waals surface area contributed by atoms with Crippen molar-refractivity contribution in [1.82, 2.24) is 40.4 Å². The molecule has 8 atom stereocenters. The number of rotatable bonds is 11. The molecular weight excluding hydrogens is 797 g/mol. The Balaban J connectivity index is 1.06. The molecule has 62 heavy (non-hydrogen) atoms. The number of amides is 4. The summed E-state index contributed by atoms with van der Waals surface area (Å²) in [6.07, 6.45) is -0.359. The average molecular weight is 851 g/mol. The van der Waals surface area contributed by atoms with Crippen molar-refractivity contribution in [2.24, 2.45) is 0 Å². The molecule has 4 amide bonds. The van der Waals surface area contributed by atoms with Crippen molar-refractivity contribution in [3.05, 3.63) is 65.4 Å². The summed E-state index contributed by atoms with van der Waals surface area (Å²) in [5, 5.41) is 16.4. The normalized spacial score (nSPS) is 21.5. The molecule has 0 unspecified atom stereocenters. The fourth-order valence-electron chi connectivity index (χ4n) is 9.47. The summed E-state index contributed by atoms with van der Waals surface area (Å²) in [4.78, 5) is 72.2. The smallest absolute Gasteiger partial charge is 0.407 e. The quantitative estimate of drug-likeness (QED) is 0.0967. The van der Waals surface area contributed by atoms with Crippen molar-refractivity contribution >= 4 is 45.8 Å². The molecular formula is C45H54N8O9. The van der Waals surface area contributed by atoms with Gasteiger partial charge in [0.1, 0.15) is 36.1 Å². The third kappa shape index (κ3) is 7.57. The van der Waals surface area contributed by atoms with E-state index >= 15 is 0 Å². The van der Waals surface area contributed by atoms with Crippen LogP contribution in [0.15, 0.2) is 42.5 Å². The lowest BCUT2D eigenvalue weighted by Crippen LogP contribution is -2.55. The maximum absolute atomic E-state index is 14.0. The van der Waals surface area contributed by atoms with Gasteiger partial charge in [-0.2, -0.15) is 0 Å². The minimum Gasteiger partial charge on any atom is -0.488 e. The standard InChI is InChI=1S/C45H54N8O9/c1-21-9-15-33(52(21)43(55)38(25(5)60-7)51-45(58)61-8)40-46-23(3)36(48-40)27-11-13-29-28(17-27)20-62-35-19-30-26(18-31(29)35)12-14-32-39(30)49-41(47-32)34-16-10-22(2)53(34)42(54)37(24(4)59-6)50-44(56)57/h11-14,17-19,21-22,24-25,33-34,37-38,50H,9-10,15-16,20H2,1-8H3,(H,46,48)(H,47,49)(H,51,58)(H,56,57)/t21-,22-,24+,25+,33-,34-,37-,38-/m0/s1. The number of fused-ring (bicyclic) bond motifs is 6. The zero-order valence-electron chi connectivity index (χ0n) is 36.2. The predicted octanol–water partition coefficient (Wildman–Crippen LogP) is 6.51. The highest BCUT2D eigenvalue weighted by molar-refractivity contribution is 6.07. The van der Waals surface area contributed by atoms with Crippen LogP contribution in [0.2, 0.25) is 0 Å². The van der Waals surface area contributed by atoms with E-state index in [1.807, 2.05) is 39.0 Å². The van der Waals surface area contributed by atoms with Gasteiger partial charge in [-0.05, 0) is 101 Å². The molecule has 3 aliphatic rings. The molecule has 17 heteroatoms. The molecule has 2 aromatic heterocycles. The second-order valence-corrected chi connectivity index (χ2v) is 16.7. The number of benzene rings is 3. The number of hydrogen-bond acceptors (Lipinski definition) is 10. The summed E-state index contributed by atoms with van der Waals surface area (Å²) in [7, 11) is 4.21. The van der Waals surface area contributed by atoms with Gasteiger partial charge in [0.15, 0.2) is 0 Å². The number of aromatic amines is 2. The molecule has 5 aromatic rings. The van der Waals surface area contributed by atoms with Crippen molar-refractivity contribution in [2.75, 3.05) is 21.3 Å². The van der Waals surface area contributed by atoms with Crippen molar-refractivity contribution in [3.63, 3.8) is 0 Å². The van der Waals surface area contributed by atoms with Crippen LogP contribution in [0, 0.1) is 6.92 Å². The summed E-state index contributed by atoms with van der Waals surface area (Å²) in [6.45, 7) is 9.67. The molecule has 5 heterocycles. The average Bonchev–Trinajstić information content (AvgIpc) is 4.07. The minimum atomic E-state index is -1.29. The van der Waals surface area contributed by atoms with E-state index in [1.54, 1.807) is 23.6 Å². The highest BCUT2D eigenvalue weighted by Crippen LogP contribution is 2.44. The van der Waals surface area contributed by atoms with E-state index in [-0.39, 0.29) is 36.0 Å². The number of nitrogens with one attached hydrogen (secondary N) is 4. The van der Waals surface area contributed by atoms with Crippen LogP contribution in [-0.2, 0) is 30.4 Å². The molecule has 0 radical (unpaired) electrons. The second-order valence-electron chi connectivity index (χ2n) is 16.7. The van der Waals surface area contributed by atoms with E-state index in [0.717, 1.165) is 74.0 Å². The van der Waals surface area contributed by atoms with Crippen molar-refractivity contribution in [1.29, 1.82) is 0 Å². The van der Waals surface area contributed by atoms with E-state index in [2.05, 4.69) is 44.9 Å². The monoisotopic (exact) mass is 850 g/mol. The number of H-pyrrole nitrogens is 2. The number of ether oxygens (including phenoxy) is 4. The number of imidazole rings is 2. The number of aromatic nitrogens is 4. The first kappa shape index (κ1) is 42.5. The molecule has 0 aliphatic carbocycles. The highest BCUT2D eigenvalue weighted by Gasteiger charge is 2.44. The van der Waals surface area contributed by atoms with Gasteiger partial charge in [0, 0.05) is 42.8 Å². The van der Waals surface area contributed by atoms with Gasteiger partial charge >= 0.3 is 12.2 Å². The van der Waals surface area contributed by atoms with Crippen molar-refractivity contribution < 1.29 is 43.2 Å². The third-order valence-corrected chi connectivity index (χ3v) is 13.0. The summed E-state index contributed by atoms with van der Waals surface area (Å²) >= 11 is 0. The summed E-state index contributed by atoms with van der Waals surface area (Å²) in [6, 6.07) is 11.6. The molecule has 3 aromatic carbocycles. The van der Waals surface area contributed by atoms with Crippen LogP contribution in [0.4, 0.5) is 9.59 Å². The number of hydrogen-bond donors (Lipinski definition) is 5. The third-order valence-electron chi connectivity index (χ3n) is 13.0. The Morgan fingerprint density at radius 3 is 2.05 bits per heavy atom. The van der Waals surface area contributed by atoms with E-state index < -0.39 is 36.5 Å². The Morgan fingerprint density at radius 1 is 0.806 bits per heavy atom. The molecule has 3 aliphatic heterocycles. The molecule has 328 valence electrons. The Labute approximate surface area is 358 Å². The molecule has 5 N–H and O–H groups in total. The van der Waals surface area contributed by atoms with Crippen LogP contribution in [0.25, 0.3) is 44.2 Å². The van der Waals surface area contributed by atoms with E-state index in [4.69, 9.17) is 28.9 Å². The number of carbonyl (C=O) groups excluding carboxylic acids is 3. The fraction of sp³-hybridized carbons (Fsp3) is 0.467. The number of carbonyl (C=O) groups is 4. The van der Waals surface area contributed by atoms with Gasteiger partial charge < -0.3 is 54.5 Å². The SMILES string of the molecule is COC(=O)N[C@H](C(=O)N1[C@@H](C)CC[C@H]1c1nc(C)c(-c2ccc3c(c2)COc2cc4c(ccc5nc([C@@H]6CC[C@H](C)N6C(=O)[C@@H](NC(=O)O)[C@@H](C)OC)[nH]c54)cc2-3)[nH]1)[C@@H](C)OC. The van der Waals surface area contributed by atoms with Crippen molar-refractivity contribution in [3.8, 4) is 28.1 Å². The lowest BCUT2D eigenvalue weighted by Gasteiger charge is -2.33. The van der Waals surface area contributed by atoms with E-state index in [0.29, 0.717) is 31.1 Å². The fourth-order valence-corrected chi connectivity index (χ4v) is 9.47. The van der Waals surface area contributed by atoms with Crippen LogP contribution in [0.5, 0.6) is 5.75 Å². The van der Waals surface area contributed by atoms with E-state index in [9.17, 15) is 24.3 Å². The first-order chi connectivity index (χ1) is 29.7. The lowest BCUT2D eigenvalue weighted by molar-refractivity contribution is -0.140.